The molecule has 6 heteroatoms. The van der Waals surface area contributed by atoms with Gasteiger partial charge in [-0.2, -0.15) is 0 Å². The van der Waals surface area contributed by atoms with Gasteiger partial charge >= 0.3 is 0 Å². The summed E-state index contributed by atoms with van der Waals surface area (Å²) in [6.07, 6.45) is 4.85. The number of amides is 1. The molecule has 0 N–H and O–H groups in total. The van der Waals surface area contributed by atoms with Gasteiger partial charge in [0.25, 0.3) is 0 Å². The van der Waals surface area contributed by atoms with Gasteiger partial charge in [-0.05, 0) is 12.8 Å². The zero-order valence-electron chi connectivity index (χ0n) is 14.1. The first-order valence-electron chi connectivity index (χ1n) is 8.86. The summed E-state index contributed by atoms with van der Waals surface area (Å²) in [6, 6.07) is 10.4. The molecule has 0 radical (unpaired) electrons. The predicted molar refractivity (Wildman–Crippen MR) is 102 cm³/mol. The molecule has 2 aliphatic rings. The minimum absolute atomic E-state index is 0.224. The zero-order valence-corrected chi connectivity index (χ0v) is 15.7. The van der Waals surface area contributed by atoms with Gasteiger partial charge in [0.05, 0.1) is 30.2 Å². The van der Waals surface area contributed by atoms with E-state index in [0.717, 1.165) is 35.0 Å². The second kappa shape index (κ2) is 7.89. The highest BCUT2D eigenvalue weighted by atomic mass is 32.2. The maximum absolute atomic E-state index is 12.7. The molecular weight excluding hydrogens is 352 g/mol. The third-order valence-electron chi connectivity index (χ3n) is 4.92. The second-order valence-electron chi connectivity index (χ2n) is 6.50. The lowest BCUT2D eigenvalue weighted by Gasteiger charge is -2.43. The Bertz CT molecular complexity index is 717. The van der Waals surface area contributed by atoms with E-state index >= 15 is 0 Å². The van der Waals surface area contributed by atoms with E-state index in [1.165, 1.54) is 12.8 Å². The Morgan fingerprint density at radius 1 is 1.28 bits per heavy atom. The van der Waals surface area contributed by atoms with Crippen molar-refractivity contribution in [3.63, 3.8) is 0 Å². The maximum atomic E-state index is 12.7. The molecule has 25 heavy (non-hydrogen) atoms. The number of hydrogen-bond donors (Lipinski definition) is 0. The van der Waals surface area contributed by atoms with Gasteiger partial charge in [-0.25, -0.2) is 4.98 Å². The normalized spacial score (nSPS) is 23.3. The minimum atomic E-state index is 0.224. The summed E-state index contributed by atoms with van der Waals surface area (Å²) in [5, 5.41) is 2.06. The van der Waals surface area contributed by atoms with Crippen LogP contribution in [-0.2, 0) is 9.53 Å². The van der Waals surface area contributed by atoms with Crippen LogP contribution in [0.4, 0.5) is 0 Å². The van der Waals surface area contributed by atoms with Crippen LogP contribution >= 0.6 is 23.1 Å². The average molecular weight is 375 g/mol. The van der Waals surface area contributed by atoms with Crippen LogP contribution in [0.1, 0.15) is 25.7 Å². The number of nitrogens with zero attached hydrogens (tertiary/aromatic N) is 2. The van der Waals surface area contributed by atoms with Crippen LogP contribution in [0.2, 0.25) is 0 Å². The molecule has 2 aromatic rings. The summed E-state index contributed by atoms with van der Waals surface area (Å²) in [5.74, 6) is 0.687. The van der Waals surface area contributed by atoms with Gasteiger partial charge in [0.1, 0.15) is 0 Å². The number of carbonyl (C=O) groups is 1. The Labute approximate surface area is 156 Å². The fraction of sp³-hybridized carbons (Fsp3) is 0.474. The highest BCUT2D eigenvalue weighted by Crippen LogP contribution is 2.31. The Morgan fingerprint density at radius 3 is 3.00 bits per heavy atom. The lowest BCUT2D eigenvalue weighted by atomic mass is 9.90. The third kappa shape index (κ3) is 3.91. The highest BCUT2D eigenvalue weighted by Gasteiger charge is 2.36. The molecule has 1 aliphatic heterocycles. The van der Waals surface area contributed by atoms with Crippen molar-refractivity contribution in [2.45, 2.75) is 42.2 Å². The molecule has 2 atom stereocenters. The van der Waals surface area contributed by atoms with Crippen molar-refractivity contribution in [3.05, 3.63) is 35.7 Å². The molecule has 1 saturated carbocycles. The molecule has 1 aliphatic carbocycles. The number of morpholine rings is 1. The average Bonchev–Trinajstić information content (AvgIpc) is 3.15. The van der Waals surface area contributed by atoms with Crippen molar-refractivity contribution in [1.29, 1.82) is 0 Å². The molecule has 1 saturated heterocycles. The maximum Gasteiger partial charge on any atom is 0.233 e. The summed E-state index contributed by atoms with van der Waals surface area (Å²) in [5.41, 5.74) is 2.11. The van der Waals surface area contributed by atoms with Crippen LogP contribution in [0, 0.1) is 0 Å². The number of benzene rings is 1. The molecule has 0 spiro atoms. The summed E-state index contributed by atoms with van der Waals surface area (Å²) < 4.78 is 6.83. The SMILES string of the molecule is O=C(CSc1nc(-c2ccccc2)cs1)N1CCOC2CCCCC21. The topological polar surface area (TPSA) is 42.4 Å². The Hall–Kier alpha value is -1.37. The van der Waals surface area contributed by atoms with Crippen LogP contribution in [0.15, 0.2) is 40.1 Å². The zero-order chi connectivity index (χ0) is 17.1. The number of fused-ring (bicyclic) bond motifs is 1. The van der Waals surface area contributed by atoms with Crippen molar-refractivity contribution in [2.24, 2.45) is 0 Å². The van der Waals surface area contributed by atoms with E-state index in [4.69, 9.17) is 4.74 Å². The standard InChI is InChI=1S/C19H22N2O2S2/c22-18(21-10-11-23-17-9-5-4-8-16(17)21)13-25-19-20-15(12-24-19)14-6-2-1-3-7-14/h1-3,6-7,12,16-17H,4-5,8-11,13H2. The highest BCUT2D eigenvalue weighted by molar-refractivity contribution is 8.01. The fourth-order valence-corrected chi connectivity index (χ4v) is 5.40. The number of thiazole rings is 1. The van der Waals surface area contributed by atoms with Crippen molar-refractivity contribution in [1.82, 2.24) is 9.88 Å². The Kier molecular flexibility index (Phi) is 5.39. The number of carbonyl (C=O) groups excluding carboxylic acids is 1. The lowest BCUT2D eigenvalue weighted by Crippen LogP contribution is -2.55. The molecule has 1 amide bonds. The van der Waals surface area contributed by atoms with Crippen molar-refractivity contribution < 1.29 is 9.53 Å². The quantitative estimate of drug-likeness (QED) is 0.757. The fourth-order valence-electron chi connectivity index (χ4n) is 3.68. The number of hydrogen-bond acceptors (Lipinski definition) is 5. The smallest absolute Gasteiger partial charge is 0.233 e. The Morgan fingerprint density at radius 2 is 2.12 bits per heavy atom. The van der Waals surface area contributed by atoms with Crippen LogP contribution < -0.4 is 0 Å². The predicted octanol–water partition coefficient (Wildman–Crippen LogP) is 4.07. The van der Waals surface area contributed by atoms with Gasteiger partial charge < -0.3 is 9.64 Å². The monoisotopic (exact) mass is 374 g/mol. The molecule has 0 bridgehead atoms. The first-order valence-corrected chi connectivity index (χ1v) is 10.7. The minimum Gasteiger partial charge on any atom is -0.374 e. The number of thioether (sulfide) groups is 1. The lowest BCUT2D eigenvalue weighted by molar-refractivity contribution is -0.146. The largest absolute Gasteiger partial charge is 0.374 e. The molecule has 2 fully saturated rings. The van der Waals surface area contributed by atoms with E-state index < -0.39 is 0 Å². The van der Waals surface area contributed by atoms with E-state index in [1.54, 1.807) is 23.1 Å². The van der Waals surface area contributed by atoms with E-state index in [-0.39, 0.29) is 18.1 Å². The summed E-state index contributed by atoms with van der Waals surface area (Å²) >= 11 is 3.16. The van der Waals surface area contributed by atoms with Crippen LogP contribution in [0.5, 0.6) is 0 Å². The van der Waals surface area contributed by atoms with Crippen molar-refractivity contribution in [2.75, 3.05) is 18.9 Å². The van der Waals surface area contributed by atoms with E-state index in [0.29, 0.717) is 12.4 Å². The summed E-state index contributed by atoms with van der Waals surface area (Å²) in [7, 11) is 0. The first kappa shape index (κ1) is 17.1. The molecular formula is C19H22N2O2S2. The van der Waals surface area contributed by atoms with Gasteiger partial charge in [0.2, 0.25) is 5.91 Å². The van der Waals surface area contributed by atoms with Gasteiger partial charge in [0.15, 0.2) is 4.34 Å². The second-order valence-corrected chi connectivity index (χ2v) is 8.58. The van der Waals surface area contributed by atoms with Gasteiger partial charge in [-0.1, -0.05) is 54.9 Å². The number of rotatable bonds is 4. The van der Waals surface area contributed by atoms with Crippen LogP contribution in [0.25, 0.3) is 11.3 Å². The van der Waals surface area contributed by atoms with Gasteiger partial charge in [-0.3, -0.25) is 4.79 Å². The van der Waals surface area contributed by atoms with Gasteiger partial charge in [-0.15, -0.1) is 11.3 Å². The van der Waals surface area contributed by atoms with Crippen LogP contribution in [-0.4, -0.2) is 46.8 Å². The van der Waals surface area contributed by atoms with Crippen molar-refractivity contribution in [3.8, 4) is 11.3 Å². The third-order valence-corrected chi connectivity index (χ3v) is 6.93. The molecule has 4 rings (SSSR count). The van der Waals surface area contributed by atoms with E-state index in [1.807, 2.05) is 18.2 Å². The molecule has 1 aromatic heterocycles. The number of ether oxygens (including phenoxy) is 1. The summed E-state index contributed by atoms with van der Waals surface area (Å²) in [6.45, 7) is 1.40. The van der Waals surface area contributed by atoms with Crippen molar-refractivity contribution >= 4 is 29.0 Å². The molecule has 1 aromatic carbocycles. The molecule has 4 nitrogen and oxygen atoms in total. The first-order chi connectivity index (χ1) is 12.3. The molecule has 2 heterocycles. The van der Waals surface area contributed by atoms with E-state index in [9.17, 15) is 4.79 Å². The summed E-state index contributed by atoms with van der Waals surface area (Å²) in [4.78, 5) is 19.5. The molecule has 132 valence electrons. The van der Waals surface area contributed by atoms with Gasteiger partial charge in [0, 0.05) is 17.5 Å². The number of aromatic nitrogens is 1. The van der Waals surface area contributed by atoms with E-state index in [2.05, 4.69) is 27.4 Å². The Balaban J connectivity index is 1.36. The van der Waals surface area contributed by atoms with Crippen LogP contribution in [0.3, 0.4) is 0 Å². The molecule has 2 unspecified atom stereocenters.